The average Bonchev–Trinajstić information content (AvgIpc) is 3.19. The van der Waals surface area contributed by atoms with Crippen molar-refractivity contribution < 1.29 is 27.8 Å². The fourth-order valence-electron chi connectivity index (χ4n) is 4.16. The van der Waals surface area contributed by atoms with Crippen LogP contribution in [0.5, 0.6) is 11.5 Å². The molecule has 0 aromatic heterocycles. The summed E-state index contributed by atoms with van der Waals surface area (Å²) in [5, 5.41) is 16.2. The lowest BCUT2D eigenvalue weighted by molar-refractivity contribution is -0.137. The molecular weight excluding hydrogens is 523 g/mol. The standard InChI is InChI=1S/C26H27ClF3N5O3/c1-32-24-20(11-15(7-9-33-24)25(37)35-10-8-18(36)14-35)23(31)34-17-5-6-22(21(27)13-17)38-19-4-2-3-16(12-19)26(28,29)30/h2-6,11-13,18,32-33,36H,7-10,14H2,1H3,(H2,31,34). The minimum atomic E-state index is -4.50. The number of benzene rings is 2. The molecule has 2 aliphatic rings. The Labute approximate surface area is 222 Å². The SMILES string of the molecule is CNC1=C(C(N)=Nc2ccc(Oc3cccc(C(F)(F)F)c3)c(Cl)c2)C=C(C(=O)N2CCC(O)C2)CCN1. The van der Waals surface area contributed by atoms with Gasteiger partial charge in [0.15, 0.2) is 0 Å². The Bertz CT molecular complexity index is 1310. The number of nitrogens with zero attached hydrogens (tertiary/aromatic N) is 2. The summed E-state index contributed by atoms with van der Waals surface area (Å²) in [7, 11) is 1.71. The van der Waals surface area contributed by atoms with Crippen molar-refractivity contribution >= 4 is 29.0 Å². The maximum atomic E-state index is 13.0. The zero-order valence-electron chi connectivity index (χ0n) is 20.5. The van der Waals surface area contributed by atoms with Gasteiger partial charge < -0.3 is 31.1 Å². The first-order valence-corrected chi connectivity index (χ1v) is 12.3. The van der Waals surface area contributed by atoms with Crippen LogP contribution in [0.15, 0.2) is 70.5 Å². The maximum absolute atomic E-state index is 13.0. The second-order valence-corrected chi connectivity index (χ2v) is 9.23. The molecule has 1 fully saturated rings. The summed E-state index contributed by atoms with van der Waals surface area (Å²) in [6, 6.07) is 9.01. The van der Waals surface area contributed by atoms with Crippen LogP contribution in [0.3, 0.4) is 0 Å². The Morgan fingerprint density at radius 3 is 2.74 bits per heavy atom. The van der Waals surface area contributed by atoms with Crippen molar-refractivity contribution in [1.29, 1.82) is 0 Å². The molecule has 12 heteroatoms. The number of halogens is 4. The topological polar surface area (TPSA) is 112 Å². The number of hydrogen-bond acceptors (Lipinski definition) is 6. The number of likely N-dealkylation sites (tertiary alicyclic amines) is 1. The Balaban J connectivity index is 1.57. The zero-order chi connectivity index (χ0) is 27.4. The minimum Gasteiger partial charge on any atom is -0.456 e. The number of aliphatic hydroxyl groups is 1. The normalized spacial score (nSPS) is 18.6. The molecule has 8 nitrogen and oxygen atoms in total. The van der Waals surface area contributed by atoms with Gasteiger partial charge in [-0.15, -0.1) is 0 Å². The molecular formula is C26H27ClF3N5O3. The van der Waals surface area contributed by atoms with E-state index in [0.717, 1.165) is 12.1 Å². The van der Waals surface area contributed by atoms with Gasteiger partial charge in [0.05, 0.1) is 28.0 Å². The van der Waals surface area contributed by atoms with Crippen LogP contribution in [0.4, 0.5) is 18.9 Å². The number of rotatable bonds is 6. The van der Waals surface area contributed by atoms with E-state index in [1.807, 2.05) is 0 Å². The van der Waals surface area contributed by atoms with Crippen molar-refractivity contribution in [2.75, 3.05) is 26.7 Å². The smallest absolute Gasteiger partial charge is 0.416 e. The van der Waals surface area contributed by atoms with E-state index in [4.69, 9.17) is 22.1 Å². The molecule has 4 rings (SSSR count). The van der Waals surface area contributed by atoms with Gasteiger partial charge in [0.1, 0.15) is 23.2 Å². The molecule has 1 saturated heterocycles. The lowest BCUT2D eigenvalue weighted by Gasteiger charge is -2.17. The molecule has 5 N–H and O–H groups in total. The number of amides is 1. The van der Waals surface area contributed by atoms with Crippen LogP contribution in [0.2, 0.25) is 5.02 Å². The van der Waals surface area contributed by atoms with Gasteiger partial charge in [0, 0.05) is 32.3 Å². The van der Waals surface area contributed by atoms with Crippen LogP contribution in [0.1, 0.15) is 18.4 Å². The third-order valence-corrected chi connectivity index (χ3v) is 6.38. The predicted molar refractivity (Wildman–Crippen MR) is 138 cm³/mol. The van der Waals surface area contributed by atoms with Crippen molar-refractivity contribution in [1.82, 2.24) is 15.5 Å². The molecule has 2 heterocycles. The molecule has 2 aromatic carbocycles. The molecule has 1 amide bonds. The molecule has 0 saturated carbocycles. The molecule has 0 bridgehead atoms. The number of ether oxygens (including phenoxy) is 1. The second kappa shape index (κ2) is 11.4. The van der Waals surface area contributed by atoms with Gasteiger partial charge in [-0.2, -0.15) is 13.2 Å². The third kappa shape index (κ3) is 6.40. The van der Waals surface area contributed by atoms with Crippen LogP contribution >= 0.6 is 11.6 Å². The highest BCUT2D eigenvalue weighted by molar-refractivity contribution is 6.32. The van der Waals surface area contributed by atoms with Crippen molar-refractivity contribution in [2.24, 2.45) is 10.7 Å². The largest absolute Gasteiger partial charge is 0.456 e. The van der Waals surface area contributed by atoms with Crippen LogP contribution in [-0.4, -0.2) is 54.5 Å². The molecule has 1 unspecified atom stereocenters. The lowest BCUT2D eigenvalue weighted by atomic mass is 10.1. The van der Waals surface area contributed by atoms with E-state index in [0.29, 0.717) is 55.1 Å². The Morgan fingerprint density at radius 2 is 2.08 bits per heavy atom. The molecule has 2 aromatic rings. The number of aliphatic hydroxyl groups excluding tert-OH is 1. The minimum absolute atomic E-state index is 0.0151. The van der Waals surface area contributed by atoms with Gasteiger partial charge in [0.2, 0.25) is 5.91 Å². The highest BCUT2D eigenvalue weighted by Gasteiger charge is 2.31. The van der Waals surface area contributed by atoms with E-state index < -0.39 is 17.8 Å². The summed E-state index contributed by atoms with van der Waals surface area (Å²) < 4.78 is 44.6. The molecule has 1 atom stereocenters. The highest BCUT2D eigenvalue weighted by atomic mass is 35.5. The van der Waals surface area contributed by atoms with Gasteiger partial charge in [0.25, 0.3) is 0 Å². The number of carbonyl (C=O) groups is 1. The van der Waals surface area contributed by atoms with E-state index >= 15 is 0 Å². The van der Waals surface area contributed by atoms with Gasteiger partial charge in [-0.05, 0) is 55.3 Å². The van der Waals surface area contributed by atoms with Crippen LogP contribution in [-0.2, 0) is 11.0 Å². The molecule has 38 heavy (non-hydrogen) atoms. The first-order valence-electron chi connectivity index (χ1n) is 11.9. The summed E-state index contributed by atoms with van der Waals surface area (Å²) in [5.41, 5.74) is 6.90. The van der Waals surface area contributed by atoms with Crippen molar-refractivity contribution in [3.05, 3.63) is 76.1 Å². The summed E-state index contributed by atoms with van der Waals surface area (Å²) in [6.45, 7) is 1.27. The number of alkyl halides is 3. The number of amidine groups is 1. The maximum Gasteiger partial charge on any atom is 0.416 e. The summed E-state index contributed by atoms with van der Waals surface area (Å²) in [6.07, 6.45) is -2.34. The average molecular weight is 550 g/mol. The van der Waals surface area contributed by atoms with Crippen LogP contribution < -0.4 is 21.1 Å². The number of carbonyl (C=O) groups excluding carboxylic acids is 1. The van der Waals surface area contributed by atoms with Crippen molar-refractivity contribution in [3.63, 3.8) is 0 Å². The zero-order valence-corrected chi connectivity index (χ0v) is 21.2. The molecule has 0 aliphatic carbocycles. The Hall–Kier alpha value is -3.70. The third-order valence-electron chi connectivity index (χ3n) is 6.09. The molecule has 2 aliphatic heterocycles. The van der Waals surface area contributed by atoms with Crippen LogP contribution in [0, 0.1) is 0 Å². The fraction of sp³-hybridized carbons (Fsp3) is 0.308. The van der Waals surface area contributed by atoms with Gasteiger partial charge in [-0.25, -0.2) is 4.99 Å². The summed E-state index contributed by atoms with van der Waals surface area (Å²) in [4.78, 5) is 19.1. The summed E-state index contributed by atoms with van der Waals surface area (Å²) in [5.74, 6) is 0.670. The summed E-state index contributed by atoms with van der Waals surface area (Å²) >= 11 is 6.33. The van der Waals surface area contributed by atoms with E-state index in [1.54, 1.807) is 24.1 Å². The first kappa shape index (κ1) is 27.3. The predicted octanol–water partition coefficient (Wildman–Crippen LogP) is 4.08. The number of β-amino-alcohol motifs (C(OH)–C–C–N with tert-alkyl or cyclic N) is 1. The quantitative estimate of drug-likeness (QED) is 0.319. The fourth-order valence-corrected chi connectivity index (χ4v) is 4.38. The van der Waals surface area contributed by atoms with Gasteiger partial charge in [-0.3, -0.25) is 4.79 Å². The second-order valence-electron chi connectivity index (χ2n) is 8.82. The monoisotopic (exact) mass is 549 g/mol. The van der Waals surface area contributed by atoms with E-state index in [-0.39, 0.29) is 28.3 Å². The van der Waals surface area contributed by atoms with Gasteiger partial charge >= 0.3 is 6.18 Å². The highest BCUT2D eigenvalue weighted by Crippen LogP contribution is 2.36. The lowest BCUT2D eigenvalue weighted by Crippen LogP contribution is -2.31. The molecule has 0 radical (unpaired) electrons. The Kier molecular flexibility index (Phi) is 8.17. The number of hydrogen-bond donors (Lipinski definition) is 4. The van der Waals surface area contributed by atoms with E-state index in [1.165, 1.54) is 24.3 Å². The molecule has 0 spiro atoms. The van der Waals surface area contributed by atoms with Crippen molar-refractivity contribution in [3.8, 4) is 11.5 Å². The number of aliphatic imine (C=N–C) groups is 1. The van der Waals surface area contributed by atoms with Crippen LogP contribution in [0.25, 0.3) is 0 Å². The van der Waals surface area contributed by atoms with Crippen molar-refractivity contribution in [2.45, 2.75) is 25.1 Å². The first-order chi connectivity index (χ1) is 18.0. The number of nitrogens with two attached hydrogens (primary N) is 1. The van der Waals surface area contributed by atoms with Gasteiger partial charge in [-0.1, -0.05) is 17.7 Å². The van der Waals surface area contributed by atoms with E-state index in [2.05, 4.69) is 15.6 Å². The molecule has 202 valence electrons. The number of nitrogens with one attached hydrogen (secondary N) is 2. The van der Waals surface area contributed by atoms with E-state index in [9.17, 15) is 23.1 Å². The Morgan fingerprint density at radius 1 is 1.29 bits per heavy atom.